The summed E-state index contributed by atoms with van der Waals surface area (Å²) in [6, 6.07) is 11.5. The summed E-state index contributed by atoms with van der Waals surface area (Å²) in [6.45, 7) is 3.39. The fraction of sp³-hybridized carbons (Fsp3) is 0.273. The van der Waals surface area contributed by atoms with Crippen molar-refractivity contribution in [2.24, 2.45) is 0 Å². The minimum absolute atomic E-state index is 0.0296. The van der Waals surface area contributed by atoms with Crippen LogP contribution in [0.2, 0.25) is 0 Å². The maximum absolute atomic E-state index is 12.6. The minimum Gasteiger partial charge on any atom is -0.437 e. The monoisotopic (exact) mass is 374 g/mol. The zero-order valence-corrected chi connectivity index (χ0v) is 15.8. The molecule has 0 spiro atoms. The number of carbonyl (C=O) groups is 1. The Morgan fingerprint density at radius 3 is 2.64 bits per heavy atom. The second-order valence-electron chi connectivity index (χ2n) is 6.97. The molecule has 1 aliphatic rings. The largest absolute Gasteiger partial charge is 0.437 e. The van der Waals surface area contributed by atoms with Gasteiger partial charge in [-0.05, 0) is 49.6 Å². The summed E-state index contributed by atoms with van der Waals surface area (Å²) >= 11 is 0. The van der Waals surface area contributed by atoms with Gasteiger partial charge in [0.2, 0.25) is 5.88 Å². The number of nitrogens with zero attached hydrogens (tertiary/aromatic N) is 4. The molecule has 0 atom stereocenters. The minimum atomic E-state index is 0.0296. The maximum atomic E-state index is 12.6. The van der Waals surface area contributed by atoms with Crippen molar-refractivity contribution < 1.29 is 9.53 Å². The van der Waals surface area contributed by atoms with Crippen LogP contribution in [0, 0.1) is 6.92 Å². The van der Waals surface area contributed by atoms with Crippen LogP contribution in [0.5, 0.6) is 11.6 Å². The standard InChI is InChI=1S/C22H22N4O2/c1-16-4-2-6-19(14-16)28-21-20(24-10-11-25-21)17-7-12-26(13-8-17)22(27)18-5-3-9-23-15-18/h2-6,9-11,14-15,17H,7-8,12-13H2,1H3. The normalized spacial score (nSPS) is 14.7. The van der Waals surface area contributed by atoms with Crippen LogP contribution in [-0.4, -0.2) is 38.8 Å². The molecule has 6 nitrogen and oxygen atoms in total. The Hall–Kier alpha value is -3.28. The number of amides is 1. The average Bonchev–Trinajstić information content (AvgIpc) is 2.74. The topological polar surface area (TPSA) is 68.2 Å². The van der Waals surface area contributed by atoms with Gasteiger partial charge in [0.1, 0.15) is 11.4 Å². The molecule has 4 rings (SSSR count). The third-order valence-corrected chi connectivity index (χ3v) is 4.97. The molecular formula is C22H22N4O2. The van der Waals surface area contributed by atoms with Gasteiger partial charge in [0.25, 0.3) is 5.91 Å². The summed E-state index contributed by atoms with van der Waals surface area (Å²) in [4.78, 5) is 27.5. The lowest BCUT2D eigenvalue weighted by Gasteiger charge is -2.32. The Morgan fingerprint density at radius 2 is 1.89 bits per heavy atom. The van der Waals surface area contributed by atoms with Gasteiger partial charge in [0.15, 0.2) is 0 Å². The number of piperidine rings is 1. The average molecular weight is 374 g/mol. The summed E-state index contributed by atoms with van der Waals surface area (Å²) in [5.74, 6) is 1.55. The van der Waals surface area contributed by atoms with E-state index in [2.05, 4.69) is 15.0 Å². The van der Waals surface area contributed by atoms with Gasteiger partial charge in [-0.25, -0.2) is 4.98 Å². The van der Waals surface area contributed by atoms with E-state index in [-0.39, 0.29) is 11.8 Å². The number of hydrogen-bond acceptors (Lipinski definition) is 5. The van der Waals surface area contributed by atoms with Crippen LogP contribution in [0.15, 0.2) is 61.2 Å². The van der Waals surface area contributed by atoms with Crippen LogP contribution in [0.4, 0.5) is 0 Å². The van der Waals surface area contributed by atoms with E-state index in [1.54, 1.807) is 36.9 Å². The van der Waals surface area contributed by atoms with Crippen molar-refractivity contribution in [3.05, 3.63) is 78.0 Å². The maximum Gasteiger partial charge on any atom is 0.255 e. The van der Waals surface area contributed by atoms with Crippen molar-refractivity contribution in [2.45, 2.75) is 25.7 Å². The third kappa shape index (κ3) is 4.01. The molecule has 0 unspecified atom stereocenters. The van der Waals surface area contributed by atoms with E-state index in [4.69, 9.17) is 4.74 Å². The van der Waals surface area contributed by atoms with Crippen molar-refractivity contribution in [3.8, 4) is 11.6 Å². The molecule has 0 radical (unpaired) electrons. The molecule has 0 aliphatic carbocycles. The fourth-order valence-electron chi connectivity index (χ4n) is 3.51. The molecule has 1 aromatic carbocycles. The number of ether oxygens (including phenoxy) is 1. The first-order valence-electron chi connectivity index (χ1n) is 9.45. The lowest BCUT2D eigenvalue weighted by molar-refractivity contribution is 0.0711. The molecule has 0 N–H and O–H groups in total. The molecular weight excluding hydrogens is 352 g/mol. The van der Waals surface area contributed by atoms with Crippen LogP contribution in [-0.2, 0) is 0 Å². The summed E-state index contributed by atoms with van der Waals surface area (Å²) in [7, 11) is 0. The molecule has 1 aliphatic heterocycles. The summed E-state index contributed by atoms with van der Waals surface area (Å²) in [5.41, 5.74) is 2.62. The van der Waals surface area contributed by atoms with Gasteiger partial charge in [-0.1, -0.05) is 12.1 Å². The van der Waals surface area contributed by atoms with Crippen molar-refractivity contribution in [1.29, 1.82) is 0 Å². The third-order valence-electron chi connectivity index (χ3n) is 4.97. The van der Waals surface area contributed by atoms with Crippen molar-refractivity contribution >= 4 is 5.91 Å². The molecule has 0 bridgehead atoms. The molecule has 1 amide bonds. The molecule has 3 aromatic rings. The number of pyridine rings is 1. The lowest BCUT2D eigenvalue weighted by atomic mass is 9.93. The van der Waals surface area contributed by atoms with Crippen LogP contribution < -0.4 is 4.74 Å². The van der Waals surface area contributed by atoms with E-state index in [0.717, 1.165) is 29.8 Å². The van der Waals surface area contributed by atoms with Crippen LogP contribution in [0.3, 0.4) is 0 Å². The summed E-state index contributed by atoms with van der Waals surface area (Å²) in [5, 5.41) is 0. The molecule has 28 heavy (non-hydrogen) atoms. The molecule has 1 saturated heterocycles. The SMILES string of the molecule is Cc1cccc(Oc2nccnc2C2CCN(C(=O)c3cccnc3)CC2)c1. The summed E-state index contributed by atoms with van der Waals surface area (Å²) < 4.78 is 6.02. The van der Waals surface area contributed by atoms with Crippen LogP contribution in [0.1, 0.15) is 40.4 Å². The van der Waals surface area contributed by atoms with E-state index in [1.165, 1.54) is 0 Å². The van der Waals surface area contributed by atoms with Crippen LogP contribution in [0.25, 0.3) is 0 Å². The van der Waals surface area contributed by atoms with E-state index in [0.29, 0.717) is 24.5 Å². The van der Waals surface area contributed by atoms with E-state index >= 15 is 0 Å². The van der Waals surface area contributed by atoms with Crippen molar-refractivity contribution in [3.63, 3.8) is 0 Å². The Morgan fingerprint density at radius 1 is 1.07 bits per heavy atom. The first kappa shape index (κ1) is 18.1. The van der Waals surface area contributed by atoms with Crippen molar-refractivity contribution in [1.82, 2.24) is 19.9 Å². The second-order valence-corrected chi connectivity index (χ2v) is 6.97. The highest BCUT2D eigenvalue weighted by Gasteiger charge is 2.28. The Kier molecular flexibility index (Phi) is 5.28. The number of aryl methyl sites for hydroxylation is 1. The summed E-state index contributed by atoms with van der Waals surface area (Å²) in [6.07, 6.45) is 8.29. The van der Waals surface area contributed by atoms with Gasteiger partial charge >= 0.3 is 0 Å². The van der Waals surface area contributed by atoms with E-state index in [9.17, 15) is 4.79 Å². The molecule has 0 saturated carbocycles. The molecule has 3 heterocycles. The van der Waals surface area contributed by atoms with Gasteiger partial charge in [-0.15, -0.1) is 0 Å². The molecule has 2 aromatic heterocycles. The molecule has 6 heteroatoms. The Bertz CT molecular complexity index is 954. The van der Waals surface area contributed by atoms with Gasteiger partial charge in [0.05, 0.1) is 5.56 Å². The van der Waals surface area contributed by atoms with Gasteiger partial charge < -0.3 is 9.64 Å². The predicted octanol–water partition coefficient (Wildman–Crippen LogP) is 3.99. The first-order valence-corrected chi connectivity index (χ1v) is 9.45. The Balaban J connectivity index is 1.46. The van der Waals surface area contributed by atoms with Gasteiger partial charge in [-0.3, -0.25) is 14.8 Å². The Labute approximate surface area is 164 Å². The van der Waals surface area contributed by atoms with Gasteiger partial charge in [0, 0.05) is 43.8 Å². The van der Waals surface area contributed by atoms with Gasteiger partial charge in [-0.2, -0.15) is 0 Å². The molecule has 142 valence electrons. The van der Waals surface area contributed by atoms with E-state index < -0.39 is 0 Å². The first-order chi connectivity index (χ1) is 13.7. The zero-order valence-electron chi connectivity index (χ0n) is 15.8. The number of rotatable bonds is 4. The lowest BCUT2D eigenvalue weighted by Crippen LogP contribution is -2.38. The number of carbonyl (C=O) groups excluding carboxylic acids is 1. The number of hydrogen-bond donors (Lipinski definition) is 0. The highest BCUT2D eigenvalue weighted by Crippen LogP contribution is 2.33. The van der Waals surface area contributed by atoms with Crippen LogP contribution >= 0.6 is 0 Å². The van der Waals surface area contributed by atoms with E-state index in [1.807, 2.05) is 36.1 Å². The highest BCUT2D eigenvalue weighted by molar-refractivity contribution is 5.93. The fourth-order valence-corrected chi connectivity index (χ4v) is 3.51. The smallest absolute Gasteiger partial charge is 0.255 e. The predicted molar refractivity (Wildman–Crippen MR) is 105 cm³/mol. The van der Waals surface area contributed by atoms with Crippen molar-refractivity contribution in [2.75, 3.05) is 13.1 Å². The quantitative estimate of drug-likeness (QED) is 0.691. The number of aromatic nitrogens is 3. The second kappa shape index (κ2) is 8.17. The molecule has 1 fully saturated rings. The number of benzene rings is 1. The number of likely N-dealkylation sites (tertiary alicyclic amines) is 1. The zero-order chi connectivity index (χ0) is 19.3. The highest BCUT2D eigenvalue weighted by atomic mass is 16.5.